The number of amides is 1. The van der Waals surface area contributed by atoms with E-state index in [1.54, 1.807) is 17.0 Å². The minimum atomic E-state index is -0.634. The number of likely N-dealkylation sites (N-methyl/N-ethyl adjacent to an activating group) is 1. The molecule has 3 rings (SSSR count). The lowest BCUT2D eigenvalue weighted by molar-refractivity contribution is -0.140. The van der Waals surface area contributed by atoms with Gasteiger partial charge < -0.3 is 14.9 Å². The van der Waals surface area contributed by atoms with Crippen molar-refractivity contribution in [2.75, 3.05) is 27.2 Å². The minimum absolute atomic E-state index is 0.126. The Hall–Kier alpha value is -2.92. The predicted molar refractivity (Wildman–Crippen MR) is 110 cm³/mol. The molecule has 1 amide bonds. The highest BCUT2D eigenvalue weighted by Crippen LogP contribution is 2.40. The Labute approximate surface area is 165 Å². The van der Waals surface area contributed by atoms with Gasteiger partial charge in [-0.05, 0) is 39.1 Å². The van der Waals surface area contributed by atoms with Crippen LogP contribution in [-0.4, -0.2) is 53.8 Å². The van der Waals surface area contributed by atoms with Crippen molar-refractivity contribution in [1.29, 1.82) is 0 Å². The summed E-state index contributed by atoms with van der Waals surface area (Å²) >= 11 is 0. The van der Waals surface area contributed by atoms with Gasteiger partial charge in [0.05, 0.1) is 11.6 Å². The van der Waals surface area contributed by atoms with Crippen LogP contribution in [0, 0.1) is 13.8 Å². The molecule has 0 aromatic heterocycles. The van der Waals surface area contributed by atoms with Gasteiger partial charge in [0.15, 0.2) is 0 Å². The van der Waals surface area contributed by atoms with E-state index in [0.29, 0.717) is 18.7 Å². The molecule has 1 saturated heterocycles. The van der Waals surface area contributed by atoms with E-state index < -0.39 is 17.7 Å². The number of hydrogen-bond donors (Lipinski definition) is 1. The second-order valence-electron chi connectivity index (χ2n) is 7.52. The first-order chi connectivity index (χ1) is 13.3. The van der Waals surface area contributed by atoms with E-state index in [0.717, 1.165) is 16.7 Å². The number of hydrogen-bond acceptors (Lipinski definition) is 4. The van der Waals surface area contributed by atoms with Gasteiger partial charge in [-0.2, -0.15) is 0 Å². The maximum absolute atomic E-state index is 12.9. The van der Waals surface area contributed by atoms with Crippen LogP contribution in [0.15, 0.2) is 54.1 Å². The lowest BCUT2D eigenvalue weighted by atomic mass is 9.92. The zero-order chi connectivity index (χ0) is 20.4. The number of carbonyl (C=O) groups excluding carboxylic acids is 2. The van der Waals surface area contributed by atoms with Crippen LogP contribution in [0.4, 0.5) is 0 Å². The van der Waals surface area contributed by atoms with E-state index in [4.69, 9.17) is 0 Å². The van der Waals surface area contributed by atoms with Gasteiger partial charge in [-0.25, -0.2) is 0 Å². The molecule has 1 N–H and O–H groups in total. The summed E-state index contributed by atoms with van der Waals surface area (Å²) in [7, 11) is 3.84. The first-order valence-electron chi connectivity index (χ1n) is 9.37. The summed E-state index contributed by atoms with van der Waals surface area (Å²) in [6, 6.07) is 14.4. The van der Waals surface area contributed by atoms with Crippen LogP contribution < -0.4 is 0 Å². The number of aliphatic hydroxyl groups is 1. The van der Waals surface area contributed by atoms with E-state index in [9.17, 15) is 14.7 Å². The largest absolute Gasteiger partial charge is 0.507 e. The average Bonchev–Trinajstić information content (AvgIpc) is 2.91. The Morgan fingerprint density at radius 1 is 1.04 bits per heavy atom. The fourth-order valence-electron chi connectivity index (χ4n) is 3.50. The van der Waals surface area contributed by atoms with E-state index in [1.165, 1.54) is 0 Å². The zero-order valence-electron chi connectivity index (χ0n) is 16.8. The molecule has 28 heavy (non-hydrogen) atoms. The van der Waals surface area contributed by atoms with Crippen molar-refractivity contribution in [3.63, 3.8) is 0 Å². The Kier molecular flexibility index (Phi) is 5.66. The maximum Gasteiger partial charge on any atom is 0.295 e. The summed E-state index contributed by atoms with van der Waals surface area (Å²) in [6.45, 7) is 4.94. The summed E-state index contributed by atoms with van der Waals surface area (Å²) in [4.78, 5) is 29.3. The SMILES string of the molecule is Cc1ccc(/C(O)=C2/C(=O)C(=O)N(CCN(C)C)C2c2ccccc2C)cc1. The first kappa shape index (κ1) is 19.8. The van der Waals surface area contributed by atoms with E-state index in [-0.39, 0.29) is 11.3 Å². The predicted octanol–water partition coefficient (Wildman–Crippen LogP) is 3.29. The Morgan fingerprint density at radius 2 is 1.68 bits per heavy atom. The van der Waals surface area contributed by atoms with Crippen LogP contribution >= 0.6 is 0 Å². The Bertz CT molecular complexity index is 929. The van der Waals surface area contributed by atoms with Crippen LogP contribution in [0.3, 0.4) is 0 Å². The third-order valence-corrected chi connectivity index (χ3v) is 5.14. The van der Waals surface area contributed by atoms with Crippen molar-refractivity contribution in [1.82, 2.24) is 9.80 Å². The summed E-state index contributed by atoms with van der Waals surface area (Å²) in [5, 5.41) is 11.0. The molecule has 0 radical (unpaired) electrons. The molecule has 146 valence electrons. The van der Waals surface area contributed by atoms with Crippen molar-refractivity contribution in [3.8, 4) is 0 Å². The fraction of sp³-hybridized carbons (Fsp3) is 0.304. The summed E-state index contributed by atoms with van der Waals surface area (Å²) < 4.78 is 0. The molecule has 5 heteroatoms. The molecule has 0 spiro atoms. The van der Waals surface area contributed by atoms with Crippen LogP contribution in [0.5, 0.6) is 0 Å². The number of aryl methyl sites for hydroxylation is 2. The summed E-state index contributed by atoms with van der Waals surface area (Å²) in [5.41, 5.74) is 3.57. The van der Waals surface area contributed by atoms with Gasteiger partial charge in [0.2, 0.25) is 0 Å². The number of carbonyl (C=O) groups is 2. The average molecular weight is 378 g/mol. The normalized spacial score (nSPS) is 18.9. The molecule has 1 atom stereocenters. The Balaban J connectivity index is 2.16. The number of Topliss-reactive ketones (excluding diaryl/α,β-unsaturated/α-hetero) is 1. The molecule has 0 aliphatic carbocycles. The molecule has 1 unspecified atom stereocenters. The molecule has 1 heterocycles. The van der Waals surface area contributed by atoms with Crippen molar-refractivity contribution >= 4 is 17.4 Å². The topological polar surface area (TPSA) is 60.9 Å². The Morgan fingerprint density at radius 3 is 2.29 bits per heavy atom. The van der Waals surface area contributed by atoms with Gasteiger partial charge in [-0.3, -0.25) is 9.59 Å². The second kappa shape index (κ2) is 7.98. The van der Waals surface area contributed by atoms with Crippen molar-refractivity contribution < 1.29 is 14.7 Å². The van der Waals surface area contributed by atoms with Gasteiger partial charge in [-0.15, -0.1) is 0 Å². The highest BCUT2D eigenvalue weighted by atomic mass is 16.3. The van der Waals surface area contributed by atoms with Crippen LogP contribution in [0.1, 0.15) is 28.3 Å². The van der Waals surface area contributed by atoms with Gasteiger partial charge in [0.25, 0.3) is 11.7 Å². The highest BCUT2D eigenvalue weighted by Gasteiger charge is 2.46. The zero-order valence-corrected chi connectivity index (χ0v) is 16.8. The van der Waals surface area contributed by atoms with Crippen molar-refractivity contribution in [3.05, 3.63) is 76.4 Å². The fourth-order valence-corrected chi connectivity index (χ4v) is 3.50. The lowest BCUT2D eigenvalue weighted by Gasteiger charge is -2.27. The van der Waals surface area contributed by atoms with Gasteiger partial charge in [0.1, 0.15) is 5.76 Å². The number of nitrogens with zero attached hydrogens (tertiary/aromatic N) is 2. The first-order valence-corrected chi connectivity index (χ1v) is 9.37. The number of ketones is 1. The summed E-state index contributed by atoms with van der Waals surface area (Å²) in [5.74, 6) is -1.33. The molecule has 2 aromatic carbocycles. The van der Waals surface area contributed by atoms with Gasteiger partial charge in [-0.1, -0.05) is 54.1 Å². The molecule has 2 aromatic rings. The highest BCUT2D eigenvalue weighted by molar-refractivity contribution is 6.46. The number of aliphatic hydroxyl groups excluding tert-OH is 1. The molecule has 0 bridgehead atoms. The monoisotopic (exact) mass is 378 g/mol. The standard InChI is InChI=1S/C23H26N2O3/c1-15-9-11-17(12-10-15)21(26)19-20(18-8-6-5-7-16(18)2)25(14-13-24(3)4)23(28)22(19)27/h5-12,20,26H,13-14H2,1-4H3/b21-19-. The molecular weight excluding hydrogens is 352 g/mol. The molecular formula is C23H26N2O3. The third-order valence-electron chi connectivity index (χ3n) is 5.14. The lowest BCUT2D eigenvalue weighted by Crippen LogP contribution is -2.35. The second-order valence-corrected chi connectivity index (χ2v) is 7.52. The molecule has 0 saturated carbocycles. The number of likely N-dealkylation sites (tertiary alicyclic amines) is 1. The van der Waals surface area contributed by atoms with Crippen LogP contribution in [-0.2, 0) is 9.59 Å². The summed E-state index contributed by atoms with van der Waals surface area (Å²) in [6.07, 6.45) is 0. The smallest absolute Gasteiger partial charge is 0.295 e. The molecule has 1 aliphatic heterocycles. The molecule has 5 nitrogen and oxygen atoms in total. The number of rotatable bonds is 5. The quantitative estimate of drug-likeness (QED) is 0.493. The minimum Gasteiger partial charge on any atom is -0.507 e. The van der Waals surface area contributed by atoms with E-state index in [1.807, 2.05) is 69.2 Å². The van der Waals surface area contributed by atoms with Crippen molar-refractivity contribution in [2.45, 2.75) is 19.9 Å². The van der Waals surface area contributed by atoms with Crippen LogP contribution in [0.25, 0.3) is 5.76 Å². The van der Waals surface area contributed by atoms with E-state index in [2.05, 4.69) is 0 Å². The molecule has 1 aliphatic rings. The maximum atomic E-state index is 12.9. The van der Waals surface area contributed by atoms with Crippen molar-refractivity contribution in [2.24, 2.45) is 0 Å². The van der Waals surface area contributed by atoms with E-state index >= 15 is 0 Å². The molecule has 1 fully saturated rings. The van der Waals surface area contributed by atoms with Crippen LogP contribution in [0.2, 0.25) is 0 Å². The van der Waals surface area contributed by atoms with Gasteiger partial charge >= 0.3 is 0 Å². The van der Waals surface area contributed by atoms with Gasteiger partial charge in [0, 0.05) is 18.7 Å². The third kappa shape index (κ3) is 3.71. The number of benzene rings is 2.